The molecule has 1 fully saturated rings. The summed E-state index contributed by atoms with van der Waals surface area (Å²) in [6, 6.07) is 1.94. The Hall–Kier alpha value is -0.950. The summed E-state index contributed by atoms with van der Waals surface area (Å²) in [5, 5.41) is 16.7. The Morgan fingerprint density at radius 2 is 2.47 bits per heavy atom. The lowest BCUT2D eigenvalue weighted by Crippen LogP contribution is -2.43. The fourth-order valence-corrected chi connectivity index (χ4v) is 3.19. The molecule has 0 aliphatic carbocycles. The number of nitrogens with one attached hydrogen (secondary N) is 1. The van der Waals surface area contributed by atoms with Gasteiger partial charge in [-0.2, -0.15) is 0 Å². The molecule has 7 heteroatoms. The number of nitrogens with zero attached hydrogens (tertiary/aromatic N) is 2. The third-order valence-corrected chi connectivity index (χ3v) is 4.49. The van der Waals surface area contributed by atoms with E-state index >= 15 is 0 Å². The summed E-state index contributed by atoms with van der Waals surface area (Å²) >= 11 is 7.41. The predicted molar refractivity (Wildman–Crippen MR) is 75.9 cm³/mol. The fraction of sp³-hybridized carbons (Fsp3) is 0.500. The highest BCUT2D eigenvalue weighted by molar-refractivity contribution is 7.16. The van der Waals surface area contributed by atoms with Gasteiger partial charge in [0.15, 0.2) is 0 Å². The first-order valence-electron chi connectivity index (χ1n) is 6.07. The molecule has 1 aliphatic heterocycles. The number of hydrogen-bond acceptors (Lipinski definition) is 6. The lowest BCUT2D eigenvalue weighted by molar-refractivity contribution is -0.0176. The minimum atomic E-state index is -0.861. The second-order valence-electron chi connectivity index (χ2n) is 4.70. The first kappa shape index (κ1) is 13.1. The van der Waals surface area contributed by atoms with Crippen LogP contribution in [-0.2, 0) is 4.74 Å². The lowest BCUT2D eigenvalue weighted by atomic mass is 9.97. The molecule has 3 rings (SSSR count). The molecular weight excluding hydrogens is 286 g/mol. The van der Waals surface area contributed by atoms with E-state index in [1.54, 1.807) is 0 Å². The van der Waals surface area contributed by atoms with Crippen molar-refractivity contribution in [2.45, 2.75) is 25.0 Å². The Balaban J connectivity index is 1.83. The third-order valence-electron chi connectivity index (χ3n) is 3.52. The van der Waals surface area contributed by atoms with Crippen LogP contribution in [0.3, 0.4) is 0 Å². The van der Waals surface area contributed by atoms with E-state index in [9.17, 15) is 5.11 Å². The van der Waals surface area contributed by atoms with Gasteiger partial charge in [0.2, 0.25) is 5.28 Å². The van der Waals surface area contributed by atoms with Gasteiger partial charge in [-0.25, -0.2) is 9.97 Å². The molecule has 2 N–H and O–H groups in total. The standard InChI is InChI=1S/C12H14ClN3O2S/c1-7-12(17,3-4-18-7)6-14-9-8-2-5-19-10(8)16-11(13)15-9/h2,5,7,17H,3-4,6H2,1H3,(H,14,15,16). The van der Waals surface area contributed by atoms with Gasteiger partial charge in [-0.05, 0) is 30.0 Å². The van der Waals surface area contributed by atoms with Crippen molar-refractivity contribution in [3.63, 3.8) is 0 Å². The maximum absolute atomic E-state index is 10.5. The molecule has 5 nitrogen and oxygen atoms in total. The molecule has 19 heavy (non-hydrogen) atoms. The summed E-state index contributed by atoms with van der Waals surface area (Å²) < 4.78 is 5.41. The minimum Gasteiger partial charge on any atom is -0.385 e. The van der Waals surface area contributed by atoms with Crippen molar-refractivity contribution in [3.8, 4) is 0 Å². The molecule has 0 saturated carbocycles. The van der Waals surface area contributed by atoms with E-state index in [0.29, 0.717) is 25.4 Å². The lowest BCUT2D eigenvalue weighted by Gasteiger charge is -2.26. The van der Waals surface area contributed by atoms with Crippen LogP contribution in [0.5, 0.6) is 0 Å². The number of anilines is 1. The van der Waals surface area contributed by atoms with E-state index in [1.807, 2.05) is 18.4 Å². The Kier molecular flexibility index (Phi) is 3.34. The summed E-state index contributed by atoms with van der Waals surface area (Å²) in [7, 11) is 0. The third kappa shape index (κ3) is 2.41. The highest BCUT2D eigenvalue weighted by Gasteiger charge is 2.39. The number of hydrogen-bond donors (Lipinski definition) is 2. The first-order valence-corrected chi connectivity index (χ1v) is 7.33. The van der Waals surface area contributed by atoms with E-state index < -0.39 is 5.60 Å². The Morgan fingerprint density at radius 1 is 1.63 bits per heavy atom. The quantitative estimate of drug-likeness (QED) is 0.851. The largest absolute Gasteiger partial charge is 0.385 e. The van der Waals surface area contributed by atoms with Gasteiger partial charge < -0.3 is 15.2 Å². The minimum absolute atomic E-state index is 0.185. The monoisotopic (exact) mass is 299 g/mol. The van der Waals surface area contributed by atoms with Crippen LogP contribution < -0.4 is 5.32 Å². The first-order chi connectivity index (χ1) is 9.08. The van der Waals surface area contributed by atoms with Gasteiger partial charge in [-0.1, -0.05) is 0 Å². The maximum atomic E-state index is 10.5. The Morgan fingerprint density at radius 3 is 3.21 bits per heavy atom. The molecule has 0 spiro atoms. The van der Waals surface area contributed by atoms with E-state index in [2.05, 4.69) is 15.3 Å². The number of halogens is 1. The van der Waals surface area contributed by atoms with Crippen LogP contribution >= 0.6 is 22.9 Å². The van der Waals surface area contributed by atoms with E-state index in [0.717, 1.165) is 10.2 Å². The molecule has 0 radical (unpaired) electrons. The van der Waals surface area contributed by atoms with Crippen LogP contribution in [0.2, 0.25) is 5.28 Å². The van der Waals surface area contributed by atoms with Gasteiger partial charge in [-0.15, -0.1) is 11.3 Å². The van der Waals surface area contributed by atoms with Crippen LogP contribution in [0.25, 0.3) is 10.2 Å². The van der Waals surface area contributed by atoms with Crippen molar-refractivity contribution in [3.05, 3.63) is 16.7 Å². The van der Waals surface area contributed by atoms with Crippen LogP contribution in [0.1, 0.15) is 13.3 Å². The molecule has 2 aromatic heterocycles. The van der Waals surface area contributed by atoms with Gasteiger partial charge in [0.05, 0.1) is 11.5 Å². The van der Waals surface area contributed by atoms with Gasteiger partial charge in [0, 0.05) is 19.6 Å². The van der Waals surface area contributed by atoms with Crippen LogP contribution in [0, 0.1) is 0 Å². The normalized spacial score (nSPS) is 27.0. The van der Waals surface area contributed by atoms with Crippen molar-refractivity contribution in [1.29, 1.82) is 0 Å². The SMILES string of the molecule is CC1OCCC1(O)CNc1nc(Cl)nc2sccc12. The Labute approximate surface area is 119 Å². The summed E-state index contributed by atoms with van der Waals surface area (Å²) in [4.78, 5) is 9.18. The molecule has 0 aromatic carbocycles. The summed E-state index contributed by atoms with van der Waals surface area (Å²) in [5.41, 5.74) is -0.861. The number of rotatable bonds is 3. The Bertz CT molecular complexity index is 606. The number of thiophene rings is 1. The predicted octanol–water partition coefficient (Wildman–Crippen LogP) is 2.30. The molecule has 1 aliphatic rings. The number of aliphatic hydroxyl groups is 1. The van der Waals surface area contributed by atoms with Crippen molar-refractivity contribution in [2.75, 3.05) is 18.5 Å². The number of aromatic nitrogens is 2. The molecule has 0 bridgehead atoms. The average Bonchev–Trinajstić information content (AvgIpc) is 2.95. The zero-order valence-electron chi connectivity index (χ0n) is 10.4. The highest BCUT2D eigenvalue weighted by atomic mass is 35.5. The summed E-state index contributed by atoms with van der Waals surface area (Å²) in [6.45, 7) is 2.84. The summed E-state index contributed by atoms with van der Waals surface area (Å²) in [5.74, 6) is 0.656. The zero-order chi connectivity index (χ0) is 13.5. The molecule has 102 valence electrons. The van der Waals surface area contributed by atoms with Gasteiger partial charge >= 0.3 is 0 Å². The van der Waals surface area contributed by atoms with Gasteiger partial charge in [0.1, 0.15) is 16.2 Å². The molecule has 2 aromatic rings. The number of ether oxygens (including phenoxy) is 1. The van der Waals surface area contributed by atoms with Crippen molar-refractivity contribution < 1.29 is 9.84 Å². The van der Waals surface area contributed by atoms with Crippen molar-refractivity contribution in [1.82, 2.24) is 9.97 Å². The topological polar surface area (TPSA) is 67.3 Å². The smallest absolute Gasteiger partial charge is 0.225 e. The van der Waals surface area contributed by atoms with E-state index in [1.165, 1.54) is 11.3 Å². The summed E-state index contributed by atoms with van der Waals surface area (Å²) in [6.07, 6.45) is 0.433. The van der Waals surface area contributed by atoms with Gasteiger partial charge in [-0.3, -0.25) is 0 Å². The van der Waals surface area contributed by atoms with Crippen LogP contribution in [-0.4, -0.2) is 39.9 Å². The van der Waals surface area contributed by atoms with Crippen LogP contribution in [0.4, 0.5) is 5.82 Å². The molecular formula is C12H14ClN3O2S. The fourth-order valence-electron chi connectivity index (χ4n) is 2.20. The van der Waals surface area contributed by atoms with Crippen LogP contribution in [0.15, 0.2) is 11.4 Å². The maximum Gasteiger partial charge on any atom is 0.225 e. The average molecular weight is 300 g/mol. The van der Waals surface area contributed by atoms with Crippen molar-refractivity contribution in [2.24, 2.45) is 0 Å². The highest BCUT2D eigenvalue weighted by Crippen LogP contribution is 2.29. The van der Waals surface area contributed by atoms with E-state index in [-0.39, 0.29) is 11.4 Å². The second kappa shape index (κ2) is 4.86. The molecule has 2 atom stereocenters. The molecule has 0 amide bonds. The zero-order valence-corrected chi connectivity index (χ0v) is 12.0. The molecule has 1 saturated heterocycles. The molecule has 2 unspecified atom stereocenters. The molecule has 3 heterocycles. The van der Waals surface area contributed by atoms with Crippen molar-refractivity contribution >= 4 is 39.0 Å². The second-order valence-corrected chi connectivity index (χ2v) is 5.93. The van der Waals surface area contributed by atoms with Gasteiger partial charge in [0.25, 0.3) is 0 Å². The number of fused-ring (bicyclic) bond motifs is 1. The van der Waals surface area contributed by atoms with E-state index in [4.69, 9.17) is 16.3 Å².